The summed E-state index contributed by atoms with van der Waals surface area (Å²) in [5.74, 6) is 0.0625. The quantitative estimate of drug-likeness (QED) is 0.793. The van der Waals surface area contributed by atoms with Gasteiger partial charge in [-0.25, -0.2) is 0 Å². The number of benzene rings is 1. The summed E-state index contributed by atoms with van der Waals surface area (Å²) in [7, 11) is 0. The van der Waals surface area contributed by atoms with Crippen LogP contribution in [0.4, 0.5) is 0 Å². The summed E-state index contributed by atoms with van der Waals surface area (Å²) in [6.45, 7) is 4.74. The van der Waals surface area contributed by atoms with Crippen LogP contribution < -0.4 is 0 Å². The van der Waals surface area contributed by atoms with Crippen LogP contribution in [0.5, 0.6) is 0 Å². The maximum absolute atomic E-state index is 12.1. The van der Waals surface area contributed by atoms with Gasteiger partial charge in [0.2, 0.25) is 0 Å². The SMILES string of the molecule is CCn1cc(CC(=O)c2ccc(C)c(Cl)c2)cn1. The second-order valence-corrected chi connectivity index (χ2v) is 4.68. The van der Waals surface area contributed by atoms with Crippen molar-refractivity contribution < 1.29 is 4.79 Å². The Morgan fingerprint density at radius 1 is 1.44 bits per heavy atom. The molecule has 0 aliphatic heterocycles. The van der Waals surface area contributed by atoms with Crippen LogP contribution in [0.15, 0.2) is 30.6 Å². The summed E-state index contributed by atoms with van der Waals surface area (Å²) in [4.78, 5) is 12.1. The van der Waals surface area contributed by atoms with Crippen LogP contribution in [-0.4, -0.2) is 15.6 Å². The Kier molecular flexibility index (Phi) is 3.82. The maximum Gasteiger partial charge on any atom is 0.167 e. The van der Waals surface area contributed by atoms with E-state index in [1.165, 1.54) is 0 Å². The zero-order chi connectivity index (χ0) is 13.1. The second kappa shape index (κ2) is 5.36. The molecular weight excluding hydrogens is 248 g/mol. The first kappa shape index (κ1) is 12.8. The van der Waals surface area contributed by atoms with Crippen molar-refractivity contribution in [2.75, 3.05) is 0 Å². The molecule has 1 aromatic carbocycles. The topological polar surface area (TPSA) is 34.9 Å². The predicted molar refractivity (Wildman–Crippen MR) is 72.1 cm³/mol. The standard InChI is InChI=1S/C14H15ClN2O/c1-3-17-9-11(8-16-17)6-14(18)12-5-4-10(2)13(15)7-12/h4-5,7-9H,3,6H2,1-2H3. The highest BCUT2D eigenvalue weighted by molar-refractivity contribution is 6.31. The minimum Gasteiger partial charge on any atom is -0.294 e. The van der Waals surface area contributed by atoms with Crippen molar-refractivity contribution in [3.63, 3.8) is 0 Å². The minimum absolute atomic E-state index is 0.0625. The van der Waals surface area contributed by atoms with Crippen molar-refractivity contribution in [3.05, 3.63) is 52.3 Å². The van der Waals surface area contributed by atoms with Gasteiger partial charge >= 0.3 is 0 Å². The van der Waals surface area contributed by atoms with Crippen molar-refractivity contribution in [1.82, 2.24) is 9.78 Å². The molecule has 0 saturated heterocycles. The fraction of sp³-hybridized carbons (Fsp3) is 0.286. The van der Waals surface area contributed by atoms with Gasteiger partial charge in [-0.2, -0.15) is 5.10 Å². The van der Waals surface area contributed by atoms with Gasteiger partial charge in [0, 0.05) is 29.7 Å². The number of carbonyl (C=O) groups is 1. The maximum atomic E-state index is 12.1. The Hall–Kier alpha value is -1.61. The Balaban J connectivity index is 2.14. The zero-order valence-corrected chi connectivity index (χ0v) is 11.2. The van der Waals surface area contributed by atoms with Crippen LogP contribution in [0.1, 0.15) is 28.4 Å². The van der Waals surface area contributed by atoms with Gasteiger partial charge in [0.25, 0.3) is 0 Å². The number of halogens is 1. The molecule has 94 valence electrons. The Morgan fingerprint density at radius 2 is 2.22 bits per heavy atom. The van der Waals surface area contributed by atoms with Gasteiger partial charge in [-0.3, -0.25) is 9.48 Å². The molecule has 0 fully saturated rings. The van der Waals surface area contributed by atoms with Gasteiger partial charge in [-0.1, -0.05) is 23.7 Å². The van der Waals surface area contributed by atoms with Crippen molar-refractivity contribution in [2.24, 2.45) is 0 Å². The summed E-state index contributed by atoms with van der Waals surface area (Å²) < 4.78 is 1.81. The van der Waals surface area contributed by atoms with E-state index in [1.54, 1.807) is 12.3 Å². The first-order valence-electron chi connectivity index (χ1n) is 5.91. The Labute approximate surface area is 111 Å². The molecule has 0 amide bonds. The van der Waals surface area contributed by atoms with Gasteiger partial charge in [-0.15, -0.1) is 0 Å². The molecule has 2 aromatic rings. The highest BCUT2D eigenvalue weighted by Crippen LogP contribution is 2.18. The van der Waals surface area contributed by atoms with Gasteiger partial charge in [0.15, 0.2) is 5.78 Å². The van der Waals surface area contributed by atoms with E-state index in [1.807, 2.05) is 36.9 Å². The molecule has 3 nitrogen and oxygen atoms in total. The van der Waals surface area contributed by atoms with Crippen LogP contribution >= 0.6 is 11.6 Å². The number of Topliss-reactive ketones (excluding diaryl/α,β-unsaturated/α-hetero) is 1. The first-order valence-corrected chi connectivity index (χ1v) is 6.28. The Bertz CT molecular complexity index is 575. The van der Waals surface area contributed by atoms with E-state index >= 15 is 0 Å². The molecule has 0 unspecified atom stereocenters. The summed E-state index contributed by atoms with van der Waals surface area (Å²) in [5.41, 5.74) is 2.56. The highest BCUT2D eigenvalue weighted by Gasteiger charge is 2.09. The van der Waals surface area contributed by atoms with E-state index < -0.39 is 0 Å². The van der Waals surface area contributed by atoms with Crippen LogP contribution in [0.25, 0.3) is 0 Å². The number of hydrogen-bond donors (Lipinski definition) is 0. The fourth-order valence-corrected chi connectivity index (χ4v) is 1.90. The number of hydrogen-bond acceptors (Lipinski definition) is 2. The smallest absolute Gasteiger partial charge is 0.167 e. The summed E-state index contributed by atoms with van der Waals surface area (Å²) in [6, 6.07) is 5.41. The van der Waals surface area contributed by atoms with Gasteiger partial charge in [-0.05, 0) is 31.0 Å². The molecule has 4 heteroatoms. The van der Waals surface area contributed by atoms with Crippen LogP contribution in [-0.2, 0) is 13.0 Å². The highest BCUT2D eigenvalue weighted by atomic mass is 35.5. The second-order valence-electron chi connectivity index (χ2n) is 4.27. The van der Waals surface area contributed by atoms with Crippen molar-refractivity contribution in [2.45, 2.75) is 26.8 Å². The molecule has 0 radical (unpaired) electrons. The number of rotatable bonds is 4. The lowest BCUT2D eigenvalue weighted by atomic mass is 10.0. The zero-order valence-electron chi connectivity index (χ0n) is 10.5. The average molecular weight is 263 g/mol. The number of nitrogens with zero attached hydrogens (tertiary/aromatic N) is 2. The van der Waals surface area contributed by atoms with Gasteiger partial charge in [0.05, 0.1) is 6.20 Å². The molecular formula is C14H15ClN2O. The van der Waals surface area contributed by atoms with E-state index in [9.17, 15) is 4.79 Å². The largest absolute Gasteiger partial charge is 0.294 e. The van der Waals surface area contributed by atoms with Crippen molar-refractivity contribution in [1.29, 1.82) is 0 Å². The normalized spacial score (nSPS) is 10.6. The van der Waals surface area contributed by atoms with Gasteiger partial charge < -0.3 is 0 Å². The number of aryl methyl sites for hydroxylation is 2. The lowest BCUT2D eigenvalue weighted by Crippen LogP contribution is -2.03. The van der Waals surface area contributed by atoms with Crippen LogP contribution in [0.3, 0.4) is 0 Å². The molecule has 1 heterocycles. The number of ketones is 1. The third-order valence-electron chi connectivity index (χ3n) is 2.87. The molecule has 0 bridgehead atoms. The summed E-state index contributed by atoms with van der Waals surface area (Å²) in [5, 5.41) is 4.78. The average Bonchev–Trinajstić information content (AvgIpc) is 2.80. The Morgan fingerprint density at radius 3 is 2.83 bits per heavy atom. The molecule has 0 spiro atoms. The lowest BCUT2D eigenvalue weighted by Gasteiger charge is -2.02. The minimum atomic E-state index is 0.0625. The van der Waals surface area contributed by atoms with E-state index in [0.717, 1.165) is 17.7 Å². The number of aromatic nitrogens is 2. The van der Waals surface area contributed by atoms with Crippen molar-refractivity contribution >= 4 is 17.4 Å². The molecule has 18 heavy (non-hydrogen) atoms. The monoisotopic (exact) mass is 262 g/mol. The van der Waals surface area contributed by atoms with E-state index in [2.05, 4.69) is 5.10 Å². The summed E-state index contributed by atoms with van der Waals surface area (Å²) >= 11 is 6.02. The predicted octanol–water partition coefficient (Wildman–Crippen LogP) is 3.29. The van der Waals surface area contributed by atoms with E-state index in [-0.39, 0.29) is 5.78 Å². The molecule has 1 aromatic heterocycles. The third-order valence-corrected chi connectivity index (χ3v) is 3.28. The van der Waals surface area contributed by atoms with Crippen LogP contribution in [0, 0.1) is 6.92 Å². The third kappa shape index (κ3) is 2.79. The molecule has 0 aliphatic rings. The molecule has 0 N–H and O–H groups in total. The molecule has 0 aliphatic carbocycles. The van der Waals surface area contributed by atoms with E-state index in [4.69, 9.17) is 11.6 Å². The molecule has 0 atom stereocenters. The molecule has 0 saturated carbocycles. The van der Waals surface area contributed by atoms with E-state index in [0.29, 0.717) is 17.0 Å². The first-order chi connectivity index (χ1) is 8.60. The molecule has 2 rings (SSSR count). The van der Waals surface area contributed by atoms with Crippen molar-refractivity contribution in [3.8, 4) is 0 Å². The lowest BCUT2D eigenvalue weighted by molar-refractivity contribution is 0.0993. The van der Waals surface area contributed by atoms with Crippen LogP contribution in [0.2, 0.25) is 5.02 Å². The number of carbonyl (C=O) groups excluding carboxylic acids is 1. The van der Waals surface area contributed by atoms with Gasteiger partial charge in [0.1, 0.15) is 0 Å². The summed E-state index contributed by atoms with van der Waals surface area (Å²) in [6.07, 6.45) is 3.99. The fourth-order valence-electron chi connectivity index (χ4n) is 1.72.